The Morgan fingerprint density at radius 2 is 1.29 bits per heavy atom. The van der Waals surface area contributed by atoms with Crippen LogP contribution in [-0.4, -0.2) is 47.8 Å². The lowest BCUT2D eigenvalue weighted by atomic mass is 10.1. The average Bonchev–Trinajstić information content (AvgIpc) is 2.95. The first-order chi connectivity index (χ1) is 19.9. The second-order valence-corrected chi connectivity index (χ2v) is 12.5. The van der Waals surface area contributed by atoms with Gasteiger partial charge in [-0.2, -0.15) is 0 Å². The minimum atomic E-state index is -4.33. The Kier molecular flexibility index (Phi) is 28.3. The van der Waals surface area contributed by atoms with Crippen molar-refractivity contribution < 1.29 is 28.4 Å². The fraction of sp³-hybridized carbons (Fsp3) is 0.844. The fourth-order valence-electron chi connectivity index (χ4n) is 4.50. The molecule has 0 saturated carbocycles. The van der Waals surface area contributed by atoms with Gasteiger partial charge in [0.15, 0.2) is 0 Å². The molecule has 0 saturated heterocycles. The van der Waals surface area contributed by atoms with E-state index in [0.29, 0.717) is 6.42 Å². The first-order valence-corrected chi connectivity index (χ1v) is 18.0. The highest BCUT2D eigenvalue weighted by atomic mass is 31.2. The minimum absolute atomic E-state index is 0.0751. The number of hydrogen-bond acceptors (Lipinski definition) is 6. The van der Waals surface area contributed by atoms with Gasteiger partial charge in [-0.05, 0) is 32.1 Å². The molecule has 8 nitrogen and oxygen atoms in total. The maximum atomic E-state index is 12.6. The third-order valence-electron chi connectivity index (χ3n) is 7.03. The standard InChI is InChI=1S/C32H63N2O6P/c1-3-5-7-9-11-13-14-15-16-18-19-21-23-25-31(35)30(29-40-41(37,38)39-28-27-33)34-32(36)26-24-22-20-17-12-10-8-6-4-2/h16,18,23,25,30-31,35H,3-15,17,19-22,24,26-29,33H2,1-2H3,(H,34,36)(H,37,38)/b18-16+,25-23+. The molecule has 9 heteroatoms. The molecule has 0 aliphatic rings. The van der Waals surface area contributed by atoms with Crippen molar-refractivity contribution in [2.45, 2.75) is 154 Å². The summed E-state index contributed by atoms with van der Waals surface area (Å²) in [6.07, 6.45) is 29.4. The van der Waals surface area contributed by atoms with Crippen LogP contribution in [-0.2, 0) is 18.4 Å². The summed E-state index contributed by atoms with van der Waals surface area (Å²) >= 11 is 0. The van der Waals surface area contributed by atoms with Crippen molar-refractivity contribution in [3.8, 4) is 0 Å². The van der Waals surface area contributed by atoms with Gasteiger partial charge in [0, 0.05) is 13.0 Å². The Morgan fingerprint density at radius 1 is 0.780 bits per heavy atom. The summed E-state index contributed by atoms with van der Waals surface area (Å²) in [7, 11) is -4.33. The lowest BCUT2D eigenvalue weighted by Gasteiger charge is -2.23. The molecule has 0 aliphatic heterocycles. The fourth-order valence-corrected chi connectivity index (χ4v) is 5.26. The van der Waals surface area contributed by atoms with E-state index in [4.69, 9.17) is 14.8 Å². The molecule has 41 heavy (non-hydrogen) atoms. The number of phosphoric acid groups is 1. The lowest BCUT2D eigenvalue weighted by Crippen LogP contribution is -2.45. The Morgan fingerprint density at radius 3 is 1.88 bits per heavy atom. The van der Waals surface area contributed by atoms with E-state index in [2.05, 4.69) is 31.3 Å². The van der Waals surface area contributed by atoms with E-state index >= 15 is 0 Å². The molecule has 0 fully saturated rings. The monoisotopic (exact) mass is 602 g/mol. The molecular formula is C32H63N2O6P. The van der Waals surface area contributed by atoms with Gasteiger partial charge < -0.3 is 21.1 Å². The second kappa shape index (κ2) is 29.1. The molecule has 5 N–H and O–H groups in total. The highest BCUT2D eigenvalue weighted by molar-refractivity contribution is 7.47. The second-order valence-electron chi connectivity index (χ2n) is 11.0. The number of aliphatic hydroxyl groups is 1. The van der Waals surface area contributed by atoms with Gasteiger partial charge in [-0.15, -0.1) is 0 Å². The van der Waals surface area contributed by atoms with Gasteiger partial charge in [-0.3, -0.25) is 13.8 Å². The molecule has 0 rings (SSSR count). The molecule has 0 aliphatic carbocycles. The quantitative estimate of drug-likeness (QED) is 0.0374. The minimum Gasteiger partial charge on any atom is -0.387 e. The molecule has 242 valence electrons. The van der Waals surface area contributed by atoms with Gasteiger partial charge in [0.1, 0.15) is 0 Å². The molecule has 0 heterocycles. The number of amides is 1. The van der Waals surface area contributed by atoms with E-state index in [0.717, 1.165) is 38.5 Å². The molecule has 0 spiro atoms. The number of allylic oxidation sites excluding steroid dienone is 3. The number of rotatable bonds is 30. The Balaban J connectivity index is 4.48. The molecule has 0 radical (unpaired) electrons. The van der Waals surface area contributed by atoms with Crippen LogP contribution in [0, 0.1) is 0 Å². The lowest BCUT2D eigenvalue weighted by molar-refractivity contribution is -0.123. The molecule has 0 bridgehead atoms. The van der Waals surface area contributed by atoms with Crippen LogP contribution in [0.5, 0.6) is 0 Å². The average molecular weight is 603 g/mol. The highest BCUT2D eigenvalue weighted by Crippen LogP contribution is 2.43. The smallest absolute Gasteiger partial charge is 0.387 e. The van der Waals surface area contributed by atoms with Crippen LogP contribution >= 0.6 is 7.82 Å². The number of nitrogens with one attached hydrogen (secondary N) is 1. The van der Waals surface area contributed by atoms with Crippen LogP contribution in [0.15, 0.2) is 24.3 Å². The van der Waals surface area contributed by atoms with E-state index in [1.54, 1.807) is 6.08 Å². The summed E-state index contributed by atoms with van der Waals surface area (Å²) in [5.74, 6) is -0.210. The normalized spacial score (nSPS) is 15.0. The molecule has 0 aromatic rings. The predicted octanol–water partition coefficient (Wildman–Crippen LogP) is 7.88. The third-order valence-corrected chi connectivity index (χ3v) is 8.01. The third kappa shape index (κ3) is 27.6. The summed E-state index contributed by atoms with van der Waals surface area (Å²) in [4.78, 5) is 22.4. The molecule has 0 aromatic heterocycles. The van der Waals surface area contributed by atoms with Gasteiger partial charge in [-0.1, -0.05) is 128 Å². The zero-order chi connectivity index (χ0) is 30.4. The van der Waals surface area contributed by atoms with Crippen molar-refractivity contribution in [3.05, 3.63) is 24.3 Å². The van der Waals surface area contributed by atoms with Gasteiger partial charge >= 0.3 is 7.82 Å². The Hall–Kier alpha value is -1.02. The number of nitrogens with two attached hydrogens (primary N) is 1. The van der Waals surface area contributed by atoms with Crippen molar-refractivity contribution in [3.63, 3.8) is 0 Å². The molecular weight excluding hydrogens is 539 g/mol. The van der Waals surface area contributed by atoms with Crippen LogP contribution in [0.3, 0.4) is 0 Å². The number of unbranched alkanes of at least 4 members (excludes halogenated alkanes) is 16. The summed E-state index contributed by atoms with van der Waals surface area (Å²) in [6, 6.07) is -0.868. The van der Waals surface area contributed by atoms with E-state index in [1.165, 1.54) is 83.5 Å². The number of carbonyl (C=O) groups excluding carboxylic acids is 1. The SMILES string of the molecule is CCCCCCCCC/C=C/CC/C=C/C(O)C(COP(=O)(O)OCCN)NC(=O)CCCCCCCCCCC. The molecule has 0 aromatic carbocycles. The first kappa shape index (κ1) is 40.0. The zero-order valence-electron chi connectivity index (χ0n) is 26.3. The van der Waals surface area contributed by atoms with Gasteiger partial charge in [0.25, 0.3) is 0 Å². The van der Waals surface area contributed by atoms with Crippen LogP contribution < -0.4 is 11.1 Å². The number of hydrogen-bond donors (Lipinski definition) is 4. The van der Waals surface area contributed by atoms with Crippen molar-refractivity contribution in [1.82, 2.24) is 5.32 Å². The van der Waals surface area contributed by atoms with Gasteiger partial charge in [-0.25, -0.2) is 4.57 Å². The van der Waals surface area contributed by atoms with Gasteiger partial charge in [0.2, 0.25) is 5.91 Å². The van der Waals surface area contributed by atoms with Crippen molar-refractivity contribution >= 4 is 13.7 Å². The summed E-state index contributed by atoms with van der Waals surface area (Å²) in [6.45, 7) is 4.05. The zero-order valence-corrected chi connectivity index (χ0v) is 27.2. The maximum Gasteiger partial charge on any atom is 0.472 e. The Bertz CT molecular complexity index is 704. The molecule has 1 amide bonds. The first-order valence-electron chi connectivity index (χ1n) is 16.5. The number of carbonyl (C=O) groups is 1. The van der Waals surface area contributed by atoms with E-state index < -0.39 is 20.0 Å². The topological polar surface area (TPSA) is 131 Å². The number of aliphatic hydroxyl groups excluding tert-OH is 1. The van der Waals surface area contributed by atoms with E-state index in [-0.39, 0.29) is 25.7 Å². The maximum absolute atomic E-state index is 12.6. The highest BCUT2D eigenvalue weighted by Gasteiger charge is 2.26. The van der Waals surface area contributed by atoms with Crippen LogP contribution in [0.2, 0.25) is 0 Å². The summed E-state index contributed by atoms with van der Waals surface area (Å²) in [5, 5.41) is 13.5. The van der Waals surface area contributed by atoms with Crippen LogP contribution in [0.4, 0.5) is 0 Å². The van der Waals surface area contributed by atoms with Crippen molar-refractivity contribution in [2.24, 2.45) is 5.73 Å². The number of phosphoric ester groups is 1. The predicted molar refractivity (Wildman–Crippen MR) is 171 cm³/mol. The van der Waals surface area contributed by atoms with Crippen LogP contribution in [0.25, 0.3) is 0 Å². The van der Waals surface area contributed by atoms with Crippen molar-refractivity contribution in [2.75, 3.05) is 19.8 Å². The summed E-state index contributed by atoms with van der Waals surface area (Å²) in [5.41, 5.74) is 5.33. The largest absolute Gasteiger partial charge is 0.472 e. The summed E-state index contributed by atoms with van der Waals surface area (Å²) < 4.78 is 21.9. The van der Waals surface area contributed by atoms with E-state index in [9.17, 15) is 19.4 Å². The molecule has 3 atom stereocenters. The van der Waals surface area contributed by atoms with E-state index in [1.807, 2.05) is 6.08 Å². The van der Waals surface area contributed by atoms with Crippen LogP contribution in [0.1, 0.15) is 142 Å². The molecule has 3 unspecified atom stereocenters. The Labute approximate surface area is 251 Å². The van der Waals surface area contributed by atoms with Gasteiger partial charge in [0.05, 0.1) is 25.4 Å². The van der Waals surface area contributed by atoms with Crippen molar-refractivity contribution in [1.29, 1.82) is 0 Å².